The number of benzene rings is 1. The zero-order valence-electron chi connectivity index (χ0n) is 9.96. The molecule has 1 aromatic carbocycles. The number of rotatable bonds is 3. The van der Waals surface area contributed by atoms with E-state index in [9.17, 15) is 4.79 Å². The second-order valence-electron chi connectivity index (χ2n) is 4.05. The highest BCUT2D eigenvalue weighted by Gasteiger charge is 2.09. The number of aryl methyl sites for hydroxylation is 1. The molecule has 0 saturated heterocycles. The van der Waals surface area contributed by atoms with Gasteiger partial charge in [0.15, 0.2) is 0 Å². The number of hydrogen-bond donors (Lipinski definition) is 1. The lowest BCUT2D eigenvalue weighted by Gasteiger charge is -2.04. The van der Waals surface area contributed by atoms with E-state index >= 15 is 0 Å². The Morgan fingerprint density at radius 2 is 2.06 bits per heavy atom. The summed E-state index contributed by atoms with van der Waals surface area (Å²) in [7, 11) is 0. The van der Waals surface area contributed by atoms with Crippen LogP contribution in [0.5, 0.6) is 0 Å². The molecule has 1 N–H and O–H groups in total. The number of H-pyrrole nitrogens is 1. The monoisotopic (exact) mass is 294 g/mol. The molecule has 17 heavy (non-hydrogen) atoms. The van der Waals surface area contributed by atoms with Crippen LogP contribution in [0, 0.1) is 6.92 Å². The summed E-state index contributed by atoms with van der Waals surface area (Å²) < 4.78 is 2.69. The van der Waals surface area contributed by atoms with E-state index in [1.807, 2.05) is 38.1 Å². The van der Waals surface area contributed by atoms with Gasteiger partial charge in [0.25, 0.3) is 5.56 Å². The minimum atomic E-state index is 0.0672. The van der Waals surface area contributed by atoms with Crippen LogP contribution in [-0.2, 0) is 13.0 Å². The van der Waals surface area contributed by atoms with Gasteiger partial charge in [-0.05, 0) is 25.0 Å². The minimum Gasteiger partial charge on any atom is -0.299 e. The van der Waals surface area contributed by atoms with Gasteiger partial charge in [-0.25, -0.2) is 4.68 Å². The van der Waals surface area contributed by atoms with Gasteiger partial charge in [0.2, 0.25) is 0 Å². The first-order valence-electron chi connectivity index (χ1n) is 5.65. The van der Waals surface area contributed by atoms with Gasteiger partial charge in [0, 0.05) is 15.7 Å². The van der Waals surface area contributed by atoms with E-state index in [1.54, 1.807) is 4.68 Å². The van der Waals surface area contributed by atoms with Crippen molar-refractivity contribution in [1.29, 1.82) is 0 Å². The van der Waals surface area contributed by atoms with E-state index in [0.717, 1.165) is 27.7 Å². The van der Waals surface area contributed by atoms with Crippen LogP contribution >= 0.6 is 15.9 Å². The Balaban J connectivity index is 2.37. The molecule has 1 aromatic heterocycles. The van der Waals surface area contributed by atoms with Crippen molar-refractivity contribution in [3.8, 4) is 0 Å². The van der Waals surface area contributed by atoms with Crippen molar-refractivity contribution in [3.05, 3.63) is 55.9 Å². The summed E-state index contributed by atoms with van der Waals surface area (Å²) in [4.78, 5) is 12.0. The summed E-state index contributed by atoms with van der Waals surface area (Å²) in [6.07, 6.45) is 0.851. The molecule has 0 amide bonds. The van der Waals surface area contributed by atoms with E-state index in [0.29, 0.717) is 6.54 Å². The third kappa shape index (κ3) is 2.36. The Kier molecular flexibility index (Phi) is 3.52. The average Bonchev–Trinajstić information content (AvgIpc) is 2.60. The van der Waals surface area contributed by atoms with E-state index in [-0.39, 0.29) is 5.56 Å². The zero-order chi connectivity index (χ0) is 12.4. The molecular formula is C13H15BrN2O. The summed E-state index contributed by atoms with van der Waals surface area (Å²) in [5, 5.41) is 3.16. The molecule has 0 aliphatic heterocycles. The quantitative estimate of drug-likeness (QED) is 0.929. The van der Waals surface area contributed by atoms with Crippen molar-refractivity contribution in [2.45, 2.75) is 26.8 Å². The molecule has 0 fully saturated rings. The summed E-state index contributed by atoms with van der Waals surface area (Å²) >= 11 is 3.49. The summed E-state index contributed by atoms with van der Waals surface area (Å²) in [6, 6.07) is 7.94. The van der Waals surface area contributed by atoms with Crippen LogP contribution in [0.1, 0.15) is 23.7 Å². The van der Waals surface area contributed by atoms with Crippen LogP contribution < -0.4 is 5.56 Å². The summed E-state index contributed by atoms with van der Waals surface area (Å²) in [5.74, 6) is 0. The smallest absolute Gasteiger partial charge is 0.269 e. The average molecular weight is 295 g/mol. The van der Waals surface area contributed by atoms with E-state index in [4.69, 9.17) is 0 Å². The van der Waals surface area contributed by atoms with Gasteiger partial charge in [-0.15, -0.1) is 0 Å². The van der Waals surface area contributed by atoms with Crippen LogP contribution in [0.4, 0.5) is 0 Å². The second-order valence-corrected chi connectivity index (χ2v) is 4.91. The van der Waals surface area contributed by atoms with Crippen molar-refractivity contribution in [1.82, 2.24) is 9.78 Å². The molecule has 1 heterocycles. The molecule has 0 aliphatic rings. The normalized spacial score (nSPS) is 10.8. The standard InChI is InChI=1S/C13H15BrN2O/c1-3-12-9(2)13(17)16(15-12)8-10-6-4-5-7-11(10)14/h4-7,15H,3,8H2,1-2H3. The maximum absolute atomic E-state index is 12.0. The Bertz CT molecular complexity index is 583. The predicted octanol–water partition coefficient (Wildman–Crippen LogP) is 2.86. The maximum Gasteiger partial charge on any atom is 0.269 e. The summed E-state index contributed by atoms with van der Waals surface area (Å²) in [5.41, 5.74) is 3.00. The van der Waals surface area contributed by atoms with E-state index < -0.39 is 0 Å². The van der Waals surface area contributed by atoms with Gasteiger partial charge < -0.3 is 0 Å². The van der Waals surface area contributed by atoms with Gasteiger partial charge in [-0.1, -0.05) is 41.1 Å². The number of nitrogens with one attached hydrogen (secondary N) is 1. The van der Waals surface area contributed by atoms with Crippen LogP contribution in [0.3, 0.4) is 0 Å². The molecule has 0 atom stereocenters. The lowest BCUT2D eigenvalue weighted by Crippen LogP contribution is -2.18. The molecule has 0 bridgehead atoms. The fourth-order valence-corrected chi connectivity index (χ4v) is 2.29. The van der Waals surface area contributed by atoms with Crippen molar-refractivity contribution in [2.24, 2.45) is 0 Å². The zero-order valence-corrected chi connectivity index (χ0v) is 11.5. The summed E-state index contributed by atoms with van der Waals surface area (Å²) in [6.45, 7) is 4.48. The molecule has 0 unspecified atom stereocenters. The molecule has 90 valence electrons. The fourth-order valence-electron chi connectivity index (χ4n) is 1.88. The number of hydrogen-bond acceptors (Lipinski definition) is 1. The first-order valence-corrected chi connectivity index (χ1v) is 6.44. The molecular weight excluding hydrogens is 280 g/mol. The predicted molar refractivity (Wildman–Crippen MR) is 72.4 cm³/mol. The third-order valence-electron chi connectivity index (χ3n) is 2.93. The SMILES string of the molecule is CCc1[nH]n(Cc2ccccc2Br)c(=O)c1C. The molecule has 0 saturated carbocycles. The molecule has 3 nitrogen and oxygen atoms in total. The second kappa shape index (κ2) is 4.92. The van der Waals surface area contributed by atoms with E-state index in [2.05, 4.69) is 21.0 Å². The lowest BCUT2D eigenvalue weighted by atomic mass is 10.2. The molecule has 0 spiro atoms. The first-order chi connectivity index (χ1) is 8.13. The van der Waals surface area contributed by atoms with Crippen LogP contribution in [0.15, 0.2) is 33.5 Å². The number of halogens is 1. The van der Waals surface area contributed by atoms with Gasteiger partial charge in [-0.2, -0.15) is 0 Å². The van der Waals surface area contributed by atoms with Crippen LogP contribution in [-0.4, -0.2) is 9.78 Å². The van der Waals surface area contributed by atoms with Crippen LogP contribution in [0.25, 0.3) is 0 Å². The van der Waals surface area contributed by atoms with Crippen molar-refractivity contribution >= 4 is 15.9 Å². The largest absolute Gasteiger partial charge is 0.299 e. The molecule has 0 aliphatic carbocycles. The lowest BCUT2D eigenvalue weighted by molar-refractivity contribution is 0.651. The Labute approximate surface area is 109 Å². The molecule has 2 aromatic rings. The molecule has 2 rings (SSSR count). The highest BCUT2D eigenvalue weighted by molar-refractivity contribution is 9.10. The van der Waals surface area contributed by atoms with Gasteiger partial charge in [-0.3, -0.25) is 9.89 Å². The number of aromatic nitrogens is 2. The third-order valence-corrected chi connectivity index (χ3v) is 3.70. The highest BCUT2D eigenvalue weighted by Crippen LogP contribution is 2.16. The van der Waals surface area contributed by atoms with Crippen molar-refractivity contribution in [3.63, 3.8) is 0 Å². The number of aromatic amines is 1. The van der Waals surface area contributed by atoms with Crippen molar-refractivity contribution < 1.29 is 0 Å². The fraction of sp³-hybridized carbons (Fsp3) is 0.308. The Morgan fingerprint density at radius 3 is 2.65 bits per heavy atom. The topological polar surface area (TPSA) is 37.8 Å². The minimum absolute atomic E-state index is 0.0672. The first kappa shape index (κ1) is 12.2. The molecule has 4 heteroatoms. The number of nitrogens with zero attached hydrogens (tertiary/aromatic N) is 1. The van der Waals surface area contributed by atoms with Gasteiger partial charge in [0.1, 0.15) is 0 Å². The Hall–Kier alpha value is -1.29. The van der Waals surface area contributed by atoms with E-state index in [1.165, 1.54) is 0 Å². The molecule has 0 radical (unpaired) electrons. The van der Waals surface area contributed by atoms with Gasteiger partial charge >= 0.3 is 0 Å². The van der Waals surface area contributed by atoms with Crippen LogP contribution in [0.2, 0.25) is 0 Å². The van der Waals surface area contributed by atoms with Crippen molar-refractivity contribution in [2.75, 3.05) is 0 Å². The maximum atomic E-state index is 12.0. The Morgan fingerprint density at radius 1 is 1.35 bits per heavy atom. The van der Waals surface area contributed by atoms with Gasteiger partial charge in [0.05, 0.1) is 6.54 Å². The highest BCUT2D eigenvalue weighted by atomic mass is 79.9.